The zero-order chi connectivity index (χ0) is 26.2. The van der Waals surface area contributed by atoms with E-state index in [1.54, 1.807) is 0 Å². The lowest BCUT2D eigenvalue weighted by Crippen LogP contribution is -2.20. The molecule has 6 aromatic carbocycles. The lowest BCUT2D eigenvalue weighted by molar-refractivity contribution is 0.836. The molecule has 0 fully saturated rings. The number of nitrogens with one attached hydrogen (secondary N) is 2. The third-order valence-corrected chi connectivity index (χ3v) is 9.37. The number of hydrogen-bond acceptors (Lipinski definition) is 3. The molecule has 9 rings (SSSR count). The Hall–Kier alpha value is -4.93. The van der Waals surface area contributed by atoms with Crippen molar-refractivity contribution in [3.8, 4) is 0 Å². The first kappa shape index (κ1) is 21.9. The zero-order valence-electron chi connectivity index (χ0n) is 21.5. The maximum Gasteiger partial charge on any atom is 0.146 e. The molecule has 0 amide bonds. The number of aliphatic imine (C=N–C) groups is 1. The van der Waals surface area contributed by atoms with Crippen molar-refractivity contribution in [2.24, 2.45) is 4.99 Å². The summed E-state index contributed by atoms with van der Waals surface area (Å²) < 4.78 is 2.62. The van der Waals surface area contributed by atoms with Crippen LogP contribution in [0.3, 0.4) is 0 Å². The molecule has 0 aliphatic carbocycles. The quantitative estimate of drug-likeness (QED) is 0.230. The van der Waals surface area contributed by atoms with Gasteiger partial charge in [0.25, 0.3) is 0 Å². The van der Waals surface area contributed by atoms with Crippen molar-refractivity contribution < 1.29 is 0 Å². The Labute approximate surface area is 234 Å². The molecular weight excluding hydrogens is 506 g/mol. The molecule has 1 atom stereocenters. The van der Waals surface area contributed by atoms with Crippen molar-refractivity contribution in [2.75, 3.05) is 5.32 Å². The molecule has 1 aliphatic rings. The molecule has 2 aromatic heterocycles. The lowest BCUT2D eigenvalue weighted by Gasteiger charge is -2.27. The van der Waals surface area contributed by atoms with Crippen molar-refractivity contribution in [3.05, 3.63) is 138 Å². The molecular formula is C36H23N3S. The van der Waals surface area contributed by atoms with Gasteiger partial charge in [-0.25, -0.2) is 0 Å². The van der Waals surface area contributed by atoms with Crippen LogP contribution in [0.1, 0.15) is 22.9 Å². The molecule has 0 radical (unpaired) electrons. The first-order chi connectivity index (χ1) is 19.8. The first-order valence-corrected chi connectivity index (χ1v) is 14.4. The fraction of sp³-hybridized carbons (Fsp3) is 0.0278. The van der Waals surface area contributed by atoms with Gasteiger partial charge in [-0.2, -0.15) is 0 Å². The van der Waals surface area contributed by atoms with Crippen LogP contribution >= 0.6 is 11.3 Å². The summed E-state index contributed by atoms with van der Waals surface area (Å²) >= 11 is 1.85. The topological polar surface area (TPSA) is 40.2 Å². The summed E-state index contributed by atoms with van der Waals surface area (Å²) in [6.07, 6.45) is -0.203. The number of benzene rings is 6. The second-order valence-electron chi connectivity index (χ2n) is 10.5. The third kappa shape index (κ3) is 3.20. The third-order valence-electron chi connectivity index (χ3n) is 8.22. The van der Waals surface area contributed by atoms with Crippen LogP contribution in [-0.4, -0.2) is 10.7 Å². The van der Waals surface area contributed by atoms with E-state index in [1.807, 2.05) is 11.3 Å². The average molecular weight is 530 g/mol. The van der Waals surface area contributed by atoms with Gasteiger partial charge in [-0.1, -0.05) is 78.9 Å². The molecule has 1 aliphatic heterocycles. The standard InChI is InChI=1S/C36H23N3S/c1-4-13-30-23(9-1)28-18-21-8-7-12-25(27(21)20-32(28)37-30)36-38-31-14-5-2-11-26(31)35(39-36)22-16-17-34-29(19-22)24-10-3-6-15-33(24)40-34/h1-20,36-38H. The van der Waals surface area contributed by atoms with Gasteiger partial charge in [0.15, 0.2) is 0 Å². The largest absolute Gasteiger partial charge is 0.359 e. The van der Waals surface area contributed by atoms with Crippen LogP contribution in [-0.2, 0) is 0 Å². The molecule has 4 heteroatoms. The summed E-state index contributed by atoms with van der Waals surface area (Å²) in [5, 5.41) is 11.3. The van der Waals surface area contributed by atoms with Gasteiger partial charge < -0.3 is 10.3 Å². The van der Waals surface area contributed by atoms with E-state index in [4.69, 9.17) is 4.99 Å². The Morgan fingerprint density at radius 3 is 2.38 bits per heavy atom. The lowest BCUT2D eigenvalue weighted by atomic mass is 9.95. The highest BCUT2D eigenvalue weighted by Gasteiger charge is 2.24. The fourth-order valence-corrected chi connectivity index (χ4v) is 7.42. The highest BCUT2D eigenvalue weighted by Crippen LogP contribution is 2.39. The van der Waals surface area contributed by atoms with Gasteiger partial charge in [0.2, 0.25) is 0 Å². The summed E-state index contributed by atoms with van der Waals surface area (Å²) in [6.45, 7) is 0. The normalized spacial score (nSPS) is 15.1. The smallest absolute Gasteiger partial charge is 0.146 e. The van der Waals surface area contributed by atoms with E-state index < -0.39 is 0 Å². The molecule has 0 saturated carbocycles. The predicted octanol–water partition coefficient (Wildman–Crippen LogP) is 9.80. The van der Waals surface area contributed by atoms with Gasteiger partial charge in [-0.3, -0.25) is 4.99 Å². The molecule has 1 unspecified atom stereocenters. The minimum absolute atomic E-state index is 0.203. The maximum atomic E-state index is 5.41. The maximum absolute atomic E-state index is 5.41. The second-order valence-corrected chi connectivity index (χ2v) is 11.6. The van der Waals surface area contributed by atoms with Crippen molar-refractivity contribution in [1.82, 2.24) is 4.98 Å². The van der Waals surface area contributed by atoms with E-state index in [-0.39, 0.29) is 6.17 Å². The van der Waals surface area contributed by atoms with E-state index in [2.05, 4.69) is 132 Å². The van der Waals surface area contributed by atoms with Gasteiger partial charge in [-0.05, 0) is 53.2 Å². The summed E-state index contributed by atoms with van der Waals surface area (Å²) in [5.41, 5.74) is 7.90. The van der Waals surface area contributed by atoms with Gasteiger partial charge >= 0.3 is 0 Å². The van der Waals surface area contributed by atoms with E-state index in [0.717, 1.165) is 33.6 Å². The van der Waals surface area contributed by atoms with Crippen LogP contribution in [0.5, 0.6) is 0 Å². The highest BCUT2D eigenvalue weighted by atomic mass is 32.1. The number of fused-ring (bicyclic) bond motifs is 8. The summed E-state index contributed by atoms with van der Waals surface area (Å²) in [7, 11) is 0. The van der Waals surface area contributed by atoms with Crippen molar-refractivity contribution >= 4 is 75.5 Å². The molecule has 0 saturated heterocycles. The number of aromatic nitrogens is 1. The number of rotatable bonds is 2. The highest BCUT2D eigenvalue weighted by molar-refractivity contribution is 7.25. The van der Waals surface area contributed by atoms with E-state index in [9.17, 15) is 0 Å². The zero-order valence-corrected chi connectivity index (χ0v) is 22.3. The molecule has 40 heavy (non-hydrogen) atoms. The van der Waals surface area contributed by atoms with Crippen LogP contribution < -0.4 is 5.32 Å². The fourth-order valence-electron chi connectivity index (χ4n) is 6.33. The number of anilines is 1. The van der Waals surface area contributed by atoms with Gasteiger partial charge in [0, 0.05) is 64.4 Å². The van der Waals surface area contributed by atoms with Crippen LogP contribution in [0, 0.1) is 0 Å². The molecule has 8 aromatic rings. The van der Waals surface area contributed by atoms with Crippen LogP contribution in [0.4, 0.5) is 5.69 Å². The predicted molar refractivity (Wildman–Crippen MR) is 171 cm³/mol. The number of thiophene rings is 1. The molecule has 0 bridgehead atoms. The van der Waals surface area contributed by atoms with E-state index in [0.29, 0.717) is 0 Å². The molecule has 2 N–H and O–H groups in total. The minimum atomic E-state index is -0.203. The van der Waals surface area contributed by atoms with Crippen molar-refractivity contribution in [2.45, 2.75) is 6.17 Å². The molecule has 188 valence electrons. The molecule has 3 nitrogen and oxygen atoms in total. The summed E-state index contributed by atoms with van der Waals surface area (Å²) in [5.74, 6) is 0. The second kappa shape index (κ2) is 8.28. The van der Waals surface area contributed by atoms with Crippen LogP contribution in [0.15, 0.2) is 126 Å². The first-order valence-electron chi connectivity index (χ1n) is 13.6. The number of para-hydroxylation sites is 2. The van der Waals surface area contributed by atoms with Gasteiger partial charge in [0.05, 0.1) is 5.71 Å². The summed E-state index contributed by atoms with van der Waals surface area (Å²) in [4.78, 5) is 9.03. The van der Waals surface area contributed by atoms with E-state index >= 15 is 0 Å². The molecule has 3 heterocycles. The Kier molecular flexibility index (Phi) is 4.54. The average Bonchev–Trinajstić information content (AvgIpc) is 3.56. The monoisotopic (exact) mass is 529 g/mol. The Morgan fingerprint density at radius 1 is 0.575 bits per heavy atom. The number of aromatic amines is 1. The Balaban J connectivity index is 1.25. The van der Waals surface area contributed by atoms with Crippen LogP contribution in [0.25, 0.3) is 52.8 Å². The minimum Gasteiger partial charge on any atom is -0.359 e. The van der Waals surface area contributed by atoms with Crippen molar-refractivity contribution in [3.63, 3.8) is 0 Å². The van der Waals surface area contributed by atoms with Gasteiger partial charge in [-0.15, -0.1) is 11.3 Å². The van der Waals surface area contributed by atoms with E-state index in [1.165, 1.54) is 47.3 Å². The number of nitrogens with zero attached hydrogens (tertiary/aromatic N) is 1. The van der Waals surface area contributed by atoms with Crippen LogP contribution in [0.2, 0.25) is 0 Å². The van der Waals surface area contributed by atoms with Crippen molar-refractivity contribution in [1.29, 1.82) is 0 Å². The summed E-state index contributed by atoms with van der Waals surface area (Å²) in [6, 6.07) is 43.7. The number of H-pyrrole nitrogens is 1. The Bertz CT molecular complexity index is 2320. The van der Waals surface area contributed by atoms with Gasteiger partial charge in [0.1, 0.15) is 6.17 Å². The Morgan fingerprint density at radius 2 is 1.40 bits per heavy atom. The molecule has 0 spiro atoms. The SMILES string of the molecule is c1ccc2c(c1)NC(c1cccc3cc4c(cc13)[nH]c1ccccc14)N=C2c1ccc2sc3ccccc3c2c1. The number of hydrogen-bond donors (Lipinski definition) is 2.